The van der Waals surface area contributed by atoms with Gasteiger partial charge >= 0.3 is 0 Å². The van der Waals surface area contributed by atoms with Crippen molar-refractivity contribution in [2.24, 2.45) is 0 Å². The van der Waals surface area contributed by atoms with E-state index >= 15 is 0 Å². The molecule has 3 aromatic rings. The lowest BCUT2D eigenvalue weighted by Gasteiger charge is -2.19. The third kappa shape index (κ3) is 5.07. The van der Waals surface area contributed by atoms with Gasteiger partial charge in [-0.1, -0.05) is 41.9 Å². The predicted octanol–water partition coefficient (Wildman–Crippen LogP) is 4.78. The minimum absolute atomic E-state index is 0.218. The van der Waals surface area contributed by atoms with E-state index in [4.69, 9.17) is 16.3 Å². The minimum Gasteiger partial charge on any atom is -0.455 e. The quantitative estimate of drug-likeness (QED) is 0.610. The molecule has 0 bridgehead atoms. The highest BCUT2D eigenvalue weighted by molar-refractivity contribution is 7.92. The van der Waals surface area contributed by atoms with Gasteiger partial charge in [-0.05, 0) is 42.5 Å². The number of sulfonamides is 1. The molecule has 0 fully saturated rings. The first-order valence-corrected chi connectivity index (χ1v) is 10.8. The number of carbonyl (C=O) groups excluding carboxylic acids is 1. The number of carbonyl (C=O) groups is 1. The van der Waals surface area contributed by atoms with Gasteiger partial charge in [0, 0.05) is 12.6 Å². The Morgan fingerprint density at radius 3 is 2.34 bits per heavy atom. The van der Waals surface area contributed by atoms with Crippen LogP contribution in [0, 0.1) is 0 Å². The lowest BCUT2D eigenvalue weighted by molar-refractivity contribution is 0.102. The molecule has 0 saturated heterocycles. The molecule has 0 unspecified atom stereocenters. The summed E-state index contributed by atoms with van der Waals surface area (Å²) in [5.74, 6) is 0.696. The molecule has 0 saturated carbocycles. The number of benzene rings is 3. The molecule has 3 aromatic carbocycles. The maximum atomic E-state index is 12.8. The first-order chi connectivity index (χ1) is 13.8. The summed E-state index contributed by atoms with van der Waals surface area (Å²) < 4.78 is 30.5. The zero-order chi connectivity index (χ0) is 21.0. The van der Waals surface area contributed by atoms with Crippen LogP contribution in [-0.4, -0.2) is 27.6 Å². The van der Waals surface area contributed by atoms with E-state index in [9.17, 15) is 13.2 Å². The first kappa shape index (κ1) is 20.7. The molecular formula is C21H19ClN2O4S. The van der Waals surface area contributed by atoms with Crippen LogP contribution in [0.5, 0.6) is 11.5 Å². The van der Waals surface area contributed by atoms with Crippen molar-refractivity contribution in [3.05, 3.63) is 83.4 Å². The number of nitrogens with one attached hydrogen (secondary N) is 1. The van der Waals surface area contributed by atoms with E-state index in [-0.39, 0.29) is 16.3 Å². The van der Waals surface area contributed by atoms with Crippen molar-refractivity contribution in [1.29, 1.82) is 0 Å². The van der Waals surface area contributed by atoms with Gasteiger partial charge in [0.2, 0.25) is 10.0 Å². The molecule has 1 N–H and O–H groups in total. The summed E-state index contributed by atoms with van der Waals surface area (Å²) >= 11 is 6.12. The SMILES string of the molecule is CN(c1cc(C(=O)Nc2ccccc2Oc2ccccc2)ccc1Cl)S(C)(=O)=O. The number of hydrogen-bond acceptors (Lipinski definition) is 4. The Morgan fingerprint density at radius 1 is 1.00 bits per heavy atom. The number of ether oxygens (including phenoxy) is 1. The molecule has 0 aliphatic rings. The molecule has 0 aliphatic carbocycles. The normalized spacial score (nSPS) is 11.0. The summed E-state index contributed by atoms with van der Waals surface area (Å²) in [7, 11) is -2.15. The predicted molar refractivity (Wildman–Crippen MR) is 116 cm³/mol. The van der Waals surface area contributed by atoms with Crippen molar-refractivity contribution in [3.8, 4) is 11.5 Å². The van der Waals surface area contributed by atoms with Crippen LogP contribution in [0.25, 0.3) is 0 Å². The van der Waals surface area contributed by atoms with Gasteiger partial charge in [0.15, 0.2) is 5.75 Å². The van der Waals surface area contributed by atoms with E-state index in [1.165, 1.54) is 25.2 Å². The molecule has 0 heterocycles. The Labute approximate surface area is 174 Å². The summed E-state index contributed by atoms with van der Waals surface area (Å²) in [5, 5.41) is 3.02. The number of hydrogen-bond donors (Lipinski definition) is 1. The number of amides is 1. The second-order valence-electron chi connectivity index (χ2n) is 6.26. The van der Waals surface area contributed by atoms with Crippen LogP contribution < -0.4 is 14.4 Å². The van der Waals surface area contributed by atoms with Gasteiger partial charge in [-0.25, -0.2) is 8.42 Å². The molecule has 0 radical (unpaired) electrons. The van der Waals surface area contributed by atoms with Gasteiger partial charge < -0.3 is 10.1 Å². The van der Waals surface area contributed by atoms with E-state index in [1.54, 1.807) is 24.3 Å². The summed E-state index contributed by atoms with van der Waals surface area (Å²) in [5.41, 5.74) is 0.958. The van der Waals surface area contributed by atoms with Gasteiger partial charge in [0.25, 0.3) is 5.91 Å². The molecule has 1 amide bonds. The van der Waals surface area contributed by atoms with Gasteiger partial charge in [0.05, 0.1) is 22.7 Å². The molecule has 0 spiro atoms. The van der Waals surface area contributed by atoms with E-state index in [2.05, 4.69) is 5.32 Å². The average molecular weight is 431 g/mol. The van der Waals surface area contributed by atoms with Crippen LogP contribution in [0.4, 0.5) is 11.4 Å². The van der Waals surface area contributed by atoms with Crippen molar-refractivity contribution in [2.75, 3.05) is 22.9 Å². The molecule has 0 aliphatic heterocycles. The standard InChI is InChI=1S/C21H19ClN2O4S/c1-24(29(2,26)27)19-14-15(12-13-17(19)22)21(25)23-18-10-6-7-11-20(18)28-16-8-4-3-5-9-16/h3-14H,1-2H3,(H,23,25). The van der Waals surface area contributed by atoms with Crippen molar-refractivity contribution in [1.82, 2.24) is 0 Å². The summed E-state index contributed by atoms with van der Waals surface area (Å²) in [6.07, 6.45) is 1.06. The molecule has 6 nitrogen and oxygen atoms in total. The summed E-state index contributed by atoms with van der Waals surface area (Å²) in [6.45, 7) is 0. The molecule has 0 atom stereocenters. The summed E-state index contributed by atoms with van der Waals surface area (Å²) in [4.78, 5) is 12.8. The molecule has 8 heteroatoms. The maximum Gasteiger partial charge on any atom is 0.255 e. The van der Waals surface area contributed by atoms with Crippen LogP contribution >= 0.6 is 11.6 Å². The highest BCUT2D eigenvalue weighted by Crippen LogP contribution is 2.31. The Balaban J connectivity index is 1.86. The first-order valence-electron chi connectivity index (χ1n) is 8.62. The molecule has 3 rings (SSSR count). The van der Waals surface area contributed by atoms with Gasteiger partial charge in [-0.3, -0.25) is 9.10 Å². The number of anilines is 2. The van der Waals surface area contributed by atoms with Crippen LogP contribution in [0.2, 0.25) is 5.02 Å². The third-order valence-electron chi connectivity index (χ3n) is 4.15. The lowest BCUT2D eigenvalue weighted by Crippen LogP contribution is -2.25. The van der Waals surface area contributed by atoms with E-state index in [1.807, 2.05) is 30.3 Å². The molecular weight excluding hydrogens is 412 g/mol. The smallest absolute Gasteiger partial charge is 0.255 e. The molecule has 150 valence electrons. The highest BCUT2D eigenvalue weighted by atomic mass is 35.5. The monoisotopic (exact) mass is 430 g/mol. The number of para-hydroxylation sites is 3. The van der Waals surface area contributed by atoms with Gasteiger partial charge in [-0.2, -0.15) is 0 Å². The van der Waals surface area contributed by atoms with Gasteiger partial charge in [0.1, 0.15) is 5.75 Å². The fourth-order valence-electron chi connectivity index (χ4n) is 2.54. The third-order valence-corrected chi connectivity index (χ3v) is 5.66. The fraction of sp³-hybridized carbons (Fsp3) is 0.0952. The Morgan fingerprint density at radius 2 is 1.66 bits per heavy atom. The van der Waals surface area contributed by atoms with Gasteiger partial charge in [-0.15, -0.1) is 0 Å². The van der Waals surface area contributed by atoms with Crippen LogP contribution in [0.15, 0.2) is 72.8 Å². The van der Waals surface area contributed by atoms with Crippen molar-refractivity contribution < 1.29 is 17.9 Å². The average Bonchev–Trinajstić information content (AvgIpc) is 2.69. The lowest BCUT2D eigenvalue weighted by atomic mass is 10.1. The van der Waals surface area contributed by atoms with E-state index in [0.717, 1.165) is 10.6 Å². The zero-order valence-electron chi connectivity index (χ0n) is 15.8. The van der Waals surface area contributed by atoms with Crippen molar-refractivity contribution in [3.63, 3.8) is 0 Å². The highest BCUT2D eigenvalue weighted by Gasteiger charge is 2.18. The zero-order valence-corrected chi connectivity index (χ0v) is 17.4. The number of halogens is 1. The Kier molecular flexibility index (Phi) is 6.10. The molecule has 29 heavy (non-hydrogen) atoms. The second kappa shape index (κ2) is 8.55. The summed E-state index contributed by atoms with van der Waals surface area (Å²) in [6, 6.07) is 20.7. The van der Waals surface area contributed by atoms with Crippen molar-refractivity contribution in [2.45, 2.75) is 0 Å². The second-order valence-corrected chi connectivity index (χ2v) is 8.68. The minimum atomic E-state index is -3.52. The fourth-order valence-corrected chi connectivity index (χ4v) is 3.35. The Bertz CT molecular complexity index is 1130. The van der Waals surface area contributed by atoms with Crippen LogP contribution in [0.1, 0.15) is 10.4 Å². The van der Waals surface area contributed by atoms with E-state index in [0.29, 0.717) is 17.2 Å². The van der Waals surface area contributed by atoms with Crippen LogP contribution in [0.3, 0.4) is 0 Å². The number of rotatable bonds is 6. The van der Waals surface area contributed by atoms with Crippen LogP contribution in [-0.2, 0) is 10.0 Å². The number of nitrogens with zero attached hydrogens (tertiary/aromatic N) is 1. The maximum absolute atomic E-state index is 12.8. The molecule has 0 aromatic heterocycles. The van der Waals surface area contributed by atoms with Crippen molar-refractivity contribution >= 4 is 38.9 Å². The van der Waals surface area contributed by atoms with E-state index < -0.39 is 15.9 Å². The topological polar surface area (TPSA) is 75.7 Å². The Hall–Kier alpha value is -3.03. The largest absolute Gasteiger partial charge is 0.455 e.